The van der Waals surface area contributed by atoms with Gasteiger partial charge in [0.1, 0.15) is 11.5 Å². The predicted molar refractivity (Wildman–Crippen MR) is 100 cm³/mol. The maximum atomic E-state index is 12.2. The van der Waals surface area contributed by atoms with Gasteiger partial charge in [-0.25, -0.2) is 8.42 Å². The minimum atomic E-state index is -7.43. The van der Waals surface area contributed by atoms with Gasteiger partial charge in [0, 0.05) is 10.9 Å². The van der Waals surface area contributed by atoms with Crippen LogP contribution < -0.4 is 0 Å². The summed E-state index contributed by atoms with van der Waals surface area (Å²) in [6.45, 7) is 6.83. The zero-order valence-electron chi connectivity index (χ0n) is 17.1. The Morgan fingerprint density at radius 3 is 1.50 bits per heavy atom. The van der Waals surface area contributed by atoms with E-state index in [0.717, 1.165) is 0 Å². The van der Waals surface area contributed by atoms with Crippen LogP contribution in [-0.2, 0) is 26.4 Å². The summed E-state index contributed by atoms with van der Waals surface area (Å²) in [4.78, 5) is 1.58. The number of halogens is 9. The van der Waals surface area contributed by atoms with Gasteiger partial charge in [-0.05, 0) is 36.0 Å². The third-order valence-electron chi connectivity index (χ3n) is 4.52. The molecule has 3 nitrogen and oxygen atoms in total. The normalized spacial score (nSPS) is 17.2. The highest BCUT2D eigenvalue weighted by atomic mass is 32.2. The van der Waals surface area contributed by atoms with Crippen LogP contribution in [0.15, 0.2) is 29.2 Å². The molecule has 0 atom stereocenters. The molecule has 1 saturated heterocycles. The summed E-state index contributed by atoms with van der Waals surface area (Å²) in [6.07, 6.45) is -4.29. The molecule has 1 fully saturated rings. The zero-order chi connectivity index (χ0) is 25.4. The fourth-order valence-electron chi connectivity index (χ4n) is 2.56. The van der Waals surface area contributed by atoms with E-state index in [0.29, 0.717) is 10.9 Å². The van der Waals surface area contributed by atoms with Gasteiger partial charge < -0.3 is 4.55 Å². The molecule has 1 aliphatic rings. The van der Waals surface area contributed by atoms with Gasteiger partial charge in [0.05, 0.1) is 0 Å². The maximum Gasteiger partial charge on any atom is 0.460 e. The van der Waals surface area contributed by atoms with E-state index < -0.39 is 33.4 Å². The van der Waals surface area contributed by atoms with Crippen molar-refractivity contribution in [1.29, 1.82) is 0 Å². The van der Waals surface area contributed by atoms with Gasteiger partial charge >= 0.3 is 23.3 Å². The minimum absolute atomic E-state index is 0.289. The van der Waals surface area contributed by atoms with E-state index >= 15 is 0 Å². The lowest BCUT2D eigenvalue weighted by atomic mass is 9.87. The molecule has 0 saturated carbocycles. The predicted octanol–water partition coefficient (Wildman–Crippen LogP) is 5.71. The molecule has 14 heteroatoms. The molecule has 0 unspecified atom stereocenters. The first kappa shape index (κ1) is 28.9. The molecule has 0 spiro atoms. The van der Waals surface area contributed by atoms with Crippen molar-refractivity contribution in [3.63, 3.8) is 0 Å². The summed E-state index contributed by atoms with van der Waals surface area (Å²) in [5, 5.41) is -7.11. The van der Waals surface area contributed by atoms with Crippen LogP contribution in [-0.4, -0.2) is 47.8 Å². The highest BCUT2D eigenvalue weighted by molar-refractivity contribution is 7.97. The van der Waals surface area contributed by atoms with Gasteiger partial charge in [0.15, 0.2) is 15.0 Å². The number of benzene rings is 1. The van der Waals surface area contributed by atoms with Gasteiger partial charge in [-0.2, -0.15) is 39.5 Å². The number of hydrogen-bond acceptors (Lipinski definition) is 3. The third kappa shape index (κ3) is 5.85. The second-order valence-electron chi connectivity index (χ2n) is 8.00. The molecule has 0 amide bonds. The molecule has 0 aromatic heterocycles. The Morgan fingerprint density at radius 2 is 1.19 bits per heavy atom. The van der Waals surface area contributed by atoms with Crippen LogP contribution in [0.25, 0.3) is 0 Å². The van der Waals surface area contributed by atoms with E-state index in [1.807, 2.05) is 0 Å². The average molecular weight is 520 g/mol. The molecule has 1 aliphatic heterocycles. The Hall–Kier alpha value is -1.15. The van der Waals surface area contributed by atoms with Crippen LogP contribution in [0.5, 0.6) is 0 Å². The summed E-state index contributed by atoms with van der Waals surface area (Å²) >= 11 is 0. The molecule has 0 aliphatic carbocycles. The van der Waals surface area contributed by atoms with Crippen LogP contribution in [0.1, 0.15) is 39.2 Å². The monoisotopic (exact) mass is 520 g/mol. The molecule has 1 aromatic rings. The van der Waals surface area contributed by atoms with Gasteiger partial charge in [-0.1, -0.05) is 32.9 Å². The van der Waals surface area contributed by atoms with Crippen molar-refractivity contribution in [1.82, 2.24) is 0 Å². The van der Waals surface area contributed by atoms with Crippen LogP contribution in [0.3, 0.4) is 0 Å². The largest absolute Gasteiger partial charge is 0.743 e. The van der Waals surface area contributed by atoms with E-state index in [2.05, 4.69) is 45.0 Å². The quantitative estimate of drug-likeness (QED) is 0.290. The van der Waals surface area contributed by atoms with E-state index in [9.17, 15) is 52.5 Å². The van der Waals surface area contributed by atoms with Gasteiger partial charge in [-0.15, -0.1) is 0 Å². The first-order chi connectivity index (χ1) is 14.1. The summed E-state index contributed by atoms with van der Waals surface area (Å²) in [6, 6.07) is 9.35. The van der Waals surface area contributed by atoms with Crippen molar-refractivity contribution in [2.75, 3.05) is 11.5 Å². The van der Waals surface area contributed by atoms with Gasteiger partial charge in [-0.3, -0.25) is 0 Å². The lowest BCUT2D eigenvalue weighted by Crippen LogP contribution is -2.63. The standard InChI is InChI=1S/C14H21S.C4HF9O3S/c1-14(2,3)12-6-8-13(9-7-12)15-10-4-5-11-15;5-1(6,3(9,10)11)2(7,8)4(12,13)17(14,15)16/h6-9H,4-5,10-11H2,1-3H3;(H,14,15,16)/q+1;/p-1. The Bertz CT molecular complexity index is 868. The van der Waals surface area contributed by atoms with Crippen molar-refractivity contribution < 1.29 is 52.5 Å². The zero-order valence-corrected chi connectivity index (χ0v) is 18.7. The Kier molecular flexibility index (Phi) is 8.34. The van der Waals surface area contributed by atoms with Crippen molar-refractivity contribution in [3.8, 4) is 0 Å². The van der Waals surface area contributed by atoms with E-state index in [1.165, 1.54) is 29.9 Å². The first-order valence-electron chi connectivity index (χ1n) is 9.01. The summed E-state index contributed by atoms with van der Waals surface area (Å²) in [5.74, 6) is -12.0. The SMILES string of the molecule is CC(C)(C)c1ccc([S+]2CCCC2)cc1.O=S(=O)([O-])C(F)(F)C(F)(F)C(F)(F)C(F)(F)F. The molecule has 32 heavy (non-hydrogen) atoms. The molecule has 186 valence electrons. The van der Waals surface area contributed by atoms with Crippen LogP contribution in [0.4, 0.5) is 39.5 Å². The Balaban J connectivity index is 0.000000321. The molecule has 0 radical (unpaired) electrons. The summed E-state index contributed by atoms with van der Waals surface area (Å²) in [5.41, 5.74) is 1.74. The molecule has 1 heterocycles. The number of rotatable bonds is 4. The molecule has 1 aromatic carbocycles. The smallest absolute Gasteiger partial charge is 0.460 e. The van der Waals surface area contributed by atoms with E-state index in [-0.39, 0.29) is 5.41 Å². The van der Waals surface area contributed by atoms with Crippen LogP contribution >= 0.6 is 0 Å². The second kappa shape index (κ2) is 9.24. The lowest BCUT2D eigenvalue weighted by Gasteiger charge is -2.34. The number of hydrogen-bond donors (Lipinski definition) is 0. The first-order valence-corrected chi connectivity index (χ1v) is 12.0. The van der Waals surface area contributed by atoms with Crippen LogP contribution in [0.2, 0.25) is 0 Å². The minimum Gasteiger partial charge on any atom is -0.743 e. The number of alkyl halides is 9. The summed E-state index contributed by atoms with van der Waals surface area (Å²) in [7, 11) is -6.84. The van der Waals surface area contributed by atoms with E-state index in [1.54, 1.807) is 4.90 Å². The van der Waals surface area contributed by atoms with Crippen molar-refractivity contribution in [2.24, 2.45) is 0 Å². The molecule has 0 bridgehead atoms. The topological polar surface area (TPSA) is 57.2 Å². The van der Waals surface area contributed by atoms with Crippen molar-refractivity contribution in [2.45, 2.75) is 67.2 Å². The molecular weight excluding hydrogens is 499 g/mol. The van der Waals surface area contributed by atoms with Gasteiger partial charge in [0.25, 0.3) is 0 Å². The fraction of sp³-hybridized carbons (Fsp3) is 0.667. The average Bonchev–Trinajstić information content (AvgIpc) is 3.14. The summed E-state index contributed by atoms with van der Waals surface area (Å²) < 4.78 is 135. The third-order valence-corrected chi connectivity index (χ3v) is 7.90. The maximum absolute atomic E-state index is 12.2. The molecular formula is C18H21F9O3S2. The second-order valence-corrected chi connectivity index (χ2v) is 11.7. The molecule has 2 rings (SSSR count). The Morgan fingerprint density at radius 1 is 0.781 bits per heavy atom. The van der Waals surface area contributed by atoms with Crippen molar-refractivity contribution in [3.05, 3.63) is 29.8 Å². The highest BCUT2D eigenvalue weighted by Gasteiger charge is 2.83. The van der Waals surface area contributed by atoms with Crippen LogP contribution in [0, 0.1) is 0 Å². The van der Waals surface area contributed by atoms with E-state index in [4.69, 9.17) is 0 Å². The van der Waals surface area contributed by atoms with Crippen molar-refractivity contribution >= 4 is 21.0 Å². The molecule has 0 N–H and O–H groups in total. The Labute approximate surface area is 182 Å². The fourth-order valence-corrected chi connectivity index (χ4v) is 5.30. The lowest BCUT2D eigenvalue weighted by molar-refractivity contribution is -0.382. The van der Waals surface area contributed by atoms with Gasteiger partial charge in [0.2, 0.25) is 0 Å². The highest BCUT2D eigenvalue weighted by Crippen LogP contribution is 2.54.